The van der Waals surface area contributed by atoms with Gasteiger partial charge in [0.2, 0.25) is 0 Å². The van der Waals surface area contributed by atoms with Crippen molar-refractivity contribution in [3.05, 3.63) is 70.2 Å². The van der Waals surface area contributed by atoms with Crippen molar-refractivity contribution in [3.8, 4) is 6.07 Å². The highest BCUT2D eigenvalue weighted by atomic mass is 35.5. The third kappa shape index (κ3) is 3.07. The Morgan fingerprint density at radius 2 is 1.75 bits per heavy atom. The molecule has 0 heterocycles. The van der Waals surface area contributed by atoms with Gasteiger partial charge in [0.1, 0.15) is 5.92 Å². The van der Waals surface area contributed by atoms with Crippen molar-refractivity contribution >= 4 is 17.4 Å². The molecule has 1 unspecified atom stereocenters. The van der Waals surface area contributed by atoms with Gasteiger partial charge in [-0.2, -0.15) is 5.26 Å². The number of ketones is 1. The summed E-state index contributed by atoms with van der Waals surface area (Å²) in [5.74, 6) is -0.975. The zero-order chi connectivity index (χ0) is 14.5. The molecule has 2 aromatic rings. The molecule has 0 bridgehead atoms. The van der Waals surface area contributed by atoms with Crippen LogP contribution < -0.4 is 0 Å². The van der Waals surface area contributed by atoms with Crippen LogP contribution in [-0.2, 0) is 6.42 Å². The van der Waals surface area contributed by atoms with Gasteiger partial charge in [-0.25, -0.2) is 0 Å². The van der Waals surface area contributed by atoms with E-state index in [4.69, 9.17) is 11.6 Å². The number of nitriles is 1. The Hall–Kier alpha value is -2.11. The number of aryl methyl sites for hydroxylation is 1. The first kappa shape index (κ1) is 14.3. The second kappa shape index (κ2) is 6.36. The maximum atomic E-state index is 12.4. The van der Waals surface area contributed by atoms with Crippen LogP contribution in [0.2, 0.25) is 5.02 Å². The van der Waals surface area contributed by atoms with Crippen molar-refractivity contribution in [3.63, 3.8) is 0 Å². The molecule has 0 aliphatic heterocycles. The summed E-state index contributed by atoms with van der Waals surface area (Å²) in [4.78, 5) is 12.4. The predicted molar refractivity (Wildman–Crippen MR) is 80.0 cm³/mol. The molecule has 1 atom stereocenters. The van der Waals surface area contributed by atoms with Crippen LogP contribution in [-0.4, -0.2) is 5.78 Å². The first-order chi connectivity index (χ1) is 9.65. The highest BCUT2D eigenvalue weighted by Crippen LogP contribution is 2.22. The van der Waals surface area contributed by atoms with Gasteiger partial charge in [0.15, 0.2) is 5.78 Å². The van der Waals surface area contributed by atoms with Crippen molar-refractivity contribution in [1.82, 2.24) is 0 Å². The lowest BCUT2D eigenvalue weighted by molar-refractivity contribution is 0.0979. The standard InChI is InChI=1S/C17H14ClNO/c1-2-12-3-5-14(6-4-12)17(20)16(11-19)13-7-9-15(18)10-8-13/h3-10,16H,2H2,1H3. The fraction of sp³-hybridized carbons (Fsp3) is 0.176. The number of hydrogen-bond acceptors (Lipinski definition) is 2. The first-order valence-electron chi connectivity index (χ1n) is 6.44. The van der Waals surface area contributed by atoms with E-state index in [1.54, 1.807) is 36.4 Å². The number of benzene rings is 2. The van der Waals surface area contributed by atoms with Gasteiger partial charge in [0, 0.05) is 10.6 Å². The summed E-state index contributed by atoms with van der Waals surface area (Å²) < 4.78 is 0. The molecule has 0 amide bonds. The van der Waals surface area contributed by atoms with Crippen molar-refractivity contribution in [1.29, 1.82) is 5.26 Å². The molecule has 0 saturated heterocycles. The van der Waals surface area contributed by atoms with Gasteiger partial charge >= 0.3 is 0 Å². The Kier molecular flexibility index (Phi) is 4.55. The minimum Gasteiger partial charge on any atom is -0.292 e. The molecular formula is C17H14ClNO. The molecular weight excluding hydrogens is 270 g/mol. The van der Waals surface area contributed by atoms with Crippen LogP contribution in [0.1, 0.15) is 34.3 Å². The molecule has 0 aromatic heterocycles. The molecule has 0 N–H and O–H groups in total. The number of nitrogens with zero attached hydrogens (tertiary/aromatic N) is 1. The van der Waals surface area contributed by atoms with Crippen LogP contribution in [0.5, 0.6) is 0 Å². The summed E-state index contributed by atoms with van der Waals surface area (Å²) in [5, 5.41) is 9.87. The van der Waals surface area contributed by atoms with Crippen molar-refractivity contribution < 1.29 is 4.79 Å². The molecule has 0 aliphatic rings. The van der Waals surface area contributed by atoms with E-state index in [9.17, 15) is 10.1 Å². The van der Waals surface area contributed by atoms with E-state index in [1.165, 1.54) is 5.56 Å². The highest BCUT2D eigenvalue weighted by Gasteiger charge is 2.21. The highest BCUT2D eigenvalue weighted by molar-refractivity contribution is 6.30. The quantitative estimate of drug-likeness (QED) is 0.781. The molecule has 0 spiro atoms. The lowest BCUT2D eigenvalue weighted by Crippen LogP contribution is -2.11. The molecule has 2 nitrogen and oxygen atoms in total. The van der Waals surface area contributed by atoms with Crippen LogP contribution in [0, 0.1) is 11.3 Å². The van der Waals surface area contributed by atoms with Gasteiger partial charge in [-0.05, 0) is 29.7 Å². The SMILES string of the molecule is CCc1ccc(C(=O)C(C#N)c2ccc(Cl)cc2)cc1. The Labute approximate surface area is 123 Å². The molecule has 0 aliphatic carbocycles. The van der Waals surface area contributed by atoms with E-state index in [-0.39, 0.29) is 5.78 Å². The maximum Gasteiger partial charge on any atom is 0.184 e. The topological polar surface area (TPSA) is 40.9 Å². The summed E-state index contributed by atoms with van der Waals surface area (Å²) in [5.41, 5.74) is 2.40. The van der Waals surface area contributed by atoms with E-state index >= 15 is 0 Å². The Morgan fingerprint density at radius 1 is 1.15 bits per heavy atom. The normalized spacial score (nSPS) is 11.7. The minimum absolute atomic E-state index is 0.183. The van der Waals surface area contributed by atoms with Gasteiger partial charge < -0.3 is 0 Å². The van der Waals surface area contributed by atoms with Gasteiger partial charge in [0.05, 0.1) is 6.07 Å². The van der Waals surface area contributed by atoms with Gasteiger partial charge in [-0.1, -0.05) is 54.9 Å². The summed E-state index contributed by atoms with van der Waals surface area (Å²) in [6.45, 7) is 2.06. The molecule has 2 aromatic carbocycles. The number of halogens is 1. The molecule has 2 rings (SSSR count). The summed E-state index contributed by atoms with van der Waals surface area (Å²) in [7, 11) is 0. The number of Topliss-reactive ketones (excluding diaryl/α,β-unsaturated/α-hetero) is 1. The van der Waals surface area contributed by atoms with Crippen LogP contribution in [0.25, 0.3) is 0 Å². The monoisotopic (exact) mass is 283 g/mol. The number of hydrogen-bond donors (Lipinski definition) is 0. The van der Waals surface area contributed by atoms with E-state index in [2.05, 4.69) is 13.0 Å². The van der Waals surface area contributed by atoms with E-state index in [0.717, 1.165) is 6.42 Å². The van der Waals surface area contributed by atoms with Crippen LogP contribution in [0.15, 0.2) is 48.5 Å². The average molecular weight is 284 g/mol. The second-order valence-corrected chi connectivity index (χ2v) is 4.96. The van der Waals surface area contributed by atoms with Gasteiger partial charge in [-0.3, -0.25) is 4.79 Å². The minimum atomic E-state index is -0.792. The molecule has 0 radical (unpaired) electrons. The van der Waals surface area contributed by atoms with Crippen molar-refractivity contribution in [2.75, 3.05) is 0 Å². The Morgan fingerprint density at radius 3 is 2.25 bits per heavy atom. The average Bonchev–Trinajstić information content (AvgIpc) is 2.50. The zero-order valence-corrected chi connectivity index (χ0v) is 11.9. The third-order valence-corrected chi connectivity index (χ3v) is 3.49. The predicted octanol–water partition coefficient (Wildman–Crippen LogP) is 4.39. The number of carbonyl (C=O) groups is 1. The summed E-state index contributed by atoms with van der Waals surface area (Å²) >= 11 is 5.82. The number of rotatable bonds is 4. The first-order valence-corrected chi connectivity index (χ1v) is 6.81. The van der Waals surface area contributed by atoms with Crippen LogP contribution >= 0.6 is 11.6 Å². The zero-order valence-electron chi connectivity index (χ0n) is 11.1. The maximum absolute atomic E-state index is 12.4. The third-order valence-electron chi connectivity index (χ3n) is 3.24. The van der Waals surface area contributed by atoms with Gasteiger partial charge in [0.25, 0.3) is 0 Å². The lowest BCUT2D eigenvalue weighted by Gasteiger charge is -2.09. The van der Waals surface area contributed by atoms with Crippen LogP contribution in [0.4, 0.5) is 0 Å². The Balaban J connectivity index is 2.29. The molecule has 20 heavy (non-hydrogen) atoms. The van der Waals surface area contributed by atoms with E-state index < -0.39 is 5.92 Å². The Bertz CT molecular complexity index is 638. The summed E-state index contributed by atoms with van der Waals surface area (Å²) in [6.07, 6.45) is 0.924. The van der Waals surface area contributed by atoms with E-state index in [1.807, 2.05) is 12.1 Å². The molecule has 100 valence electrons. The molecule has 3 heteroatoms. The fourth-order valence-electron chi connectivity index (χ4n) is 2.01. The number of carbonyl (C=O) groups excluding carboxylic acids is 1. The second-order valence-electron chi connectivity index (χ2n) is 4.53. The smallest absolute Gasteiger partial charge is 0.184 e. The molecule has 0 fully saturated rings. The largest absolute Gasteiger partial charge is 0.292 e. The fourth-order valence-corrected chi connectivity index (χ4v) is 2.14. The van der Waals surface area contributed by atoms with Gasteiger partial charge in [-0.15, -0.1) is 0 Å². The van der Waals surface area contributed by atoms with E-state index in [0.29, 0.717) is 16.1 Å². The van der Waals surface area contributed by atoms with Crippen molar-refractivity contribution in [2.24, 2.45) is 0 Å². The van der Waals surface area contributed by atoms with Crippen molar-refractivity contribution in [2.45, 2.75) is 19.3 Å². The summed E-state index contributed by atoms with van der Waals surface area (Å²) in [6, 6.07) is 16.3. The molecule has 0 saturated carbocycles. The van der Waals surface area contributed by atoms with Crippen LogP contribution in [0.3, 0.4) is 0 Å². The lowest BCUT2D eigenvalue weighted by atomic mass is 9.91.